The van der Waals surface area contributed by atoms with Gasteiger partial charge in [0.2, 0.25) is 0 Å². The minimum Gasteiger partial charge on any atom is -0.468 e. The molecular formula is C23H31NO4S. The summed E-state index contributed by atoms with van der Waals surface area (Å²) < 4.78 is 21.2. The lowest BCUT2D eigenvalue weighted by Gasteiger charge is -2.43. The zero-order valence-electron chi connectivity index (χ0n) is 17.6. The first-order valence-corrected chi connectivity index (χ1v) is 10.8. The van der Waals surface area contributed by atoms with E-state index >= 15 is 0 Å². The number of hydrogen-bond acceptors (Lipinski definition) is 6. The van der Waals surface area contributed by atoms with Crippen molar-refractivity contribution < 1.29 is 18.9 Å². The molecule has 6 heteroatoms. The van der Waals surface area contributed by atoms with Crippen molar-refractivity contribution in [2.45, 2.75) is 42.5 Å². The lowest BCUT2D eigenvalue weighted by Crippen LogP contribution is -2.39. The highest BCUT2D eigenvalue weighted by Gasteiger charge is 2.41. The third-order valence-electron chi connectivity index (χ3n) is 5.47. The molecule has 158 valence electrons. The zero-order valence-corrected chi connectivity index (χ0v) is 18.5. The molecule has 2 aromatic carbocycles. The van der Waals surface area contributed by atoms with Crippen molar-refractivity contribution >= 4 is 11.8 Å². The number of benzene rings is 2. The molecule has 5 nitrogen and oxygen atoms in total. The molecule has 0 bridgehead atoms. The van der Waals surface area contributed by atoms with Crippen LogP contribution in [-0.2, 0) is 14.9 Å². The van der Waals surface area contributed by atoms with E-state index in [9.17, 15) is 0 Å². The smallest absolute Gasteiger partial charge is 0.188 e. The molecule has 0 aliphatic carbocycles. The van der Waals surface area contributed by atoms with E-state index < -0.39 is 0 Å². The van der Waals surface area contributed by atoms with Crippen molar-refractivity contribution in [1.82, 2.24) is 0 Å². The van der Waals surface area contributed by atoms with Crippen LogP contribution in [0, 0.1) is 0 Å². The Bertz CT molecular complexity index is 796. The zero-order chi connectivity index (χ0) is 20.9. The number of ether oxygens (including phenoxy) is 4. The molecular weight excluding hydrogens is 386 g/mol. The fraction of sp³-hybridized carbons (Fsp3) is 0.478. The molecule has 0 aromatic heterocycles. The first-order chi connectivity index (χ1) is 14.0. The predicted octanol–water partition coefficient (Wildman–Crippen LogP) is 4.54. The number of methoxy groups -OCH3 is 2. The van der Waals surface area contributed by atoms with Gasteiger partial charge in [-0.15, -0.1) is 11.8 Å². The topological polar surface area (TPSA) is 62.9 Å². The van der Waals surface area contributed by atoms with Crippen molar-refractivity contribution in [3.63, 3.8) is 0 Å². The van der Waals surface area contributed by atoms with Gasteiger partial charge in [-0.1, -0.05) is 25.1 Å². The van der Waals surface area contributed by atoms with Crippen LogP contribution in [0.25, 0.3) is 0 Å². The van der Waals surface area contributed by atoms with Crippen LogP contribution in [0.1, 0.15) is 37.3 Å². The molecule has 2 aromatic rings. The summed E-state index contributed by atoms with van der Waals surface area (Å²) in [7, 11) is 3.25. The van der Waals surface area contributed by atoms with E-state index in [0.717, 1.165) is 23.7 Å². The molecule has 0 spiro atoms. The molecule has 1 aliphatic heterocycles. The Balaban J connectivity index is 1.92. The van der Waals surface area contributed by atoms with Gasteiger partial charge in [-0.2, -0.15) is 0 Å². The fourth-order valence-corrected chi connectivity index (χ4v) is 5.32. The molecule has 29 heavy (non-hydrogen) atoms. The van der Waals surface area contributed by atoms with E-state index in [1.807, 2.05) is 30.0 Å². The normalized spacial score (nSPS) is 22.0. The molecule has 0 fully saturated rings. The molecule has 0 radical (unpaired) electrons. The quantitative estimate of drug-likeness (QED) is 0.605. The van der Waals surface area contributed by atoms with Crippen LogP contribution < -0.4 is 15.2 Å². The minimum absolute atomic E-state index is 0.0278. The van der Waals surface area contributed by atoms with Crippen molar-refractivity contribution in [3.8, 4) is 11.5 Å². The average molecular weight is 418 g/mol. The van der Waals surface area contributed by atoms with Crippen LogP contribution in [-0.4, -0.2) is 39.6 Å². The van der Waals surface area contributed by atoms with E-state index in [-0.39, 0.29) is 25.0 Å². The molecule has 1 unspecified atom stereocenters. The highest BCUT2D eigenvalue weighted by atomic mass is 32.2. The maximum atomic E-state index is 6.27. The molecule has 0 amide bonds. The van der Waals surface area contributed by atoms with Gasteiger partial charge in [-0.25, -0.2) is 0 Å². The Labute approximate surface area is 177 Å². The van der Waals surface area contributed by atoms with E-state index in [2.05, 4.69) is 38.1 Å². The second-order valence-electron chi connectivity index (χ2n) is 7.80. The number of nitrogens with two attached hydrogens (primary N) is 1. The summed E-state index contributed by atoms with van der Waals surface area (Å²) in [5, 5.41) is 0. The highest BCUT2D eigenvalue weighted by molar-refractivity contribution is 7.99. The van der Waals surface area contributed by atoms with Gasteiger partial charge in [0.15, 0.2) is 13.6 Å². The number of fused-ring (bicyclic) bond motifs is 1. The molecule has 3 rings (SSSR count). The van der Waals surface area contributed by atoms with Crippen molar-refractivity contribution in [2.24, 2.45) is 5.73 Å². The predicted molar refractivity (Wildman–Crippen MR) is 117 cm³/mol. The Morgan fingerprint density at radius 3 is 2.28 bits per heavy atom. The summed E-state index contributed by atoms with van der Waals surface area (Å²) in [5.74, 6) is 2.94. The lowest BCUT2D eigenvalue weighted by molar-refractivity contribution is 0.0508. The number of thioether (sulfide) groups is 1. The summed E-state index contributed by atoms with van der Waals surface area (Å²) in [5.41, 5.74) is 8.88. The van der Waals surface area contributed by atoms with Gasteiger partial charge in [0.1, 0.15) is 11.5 Å². The Morgan fingerprint density at radius 2 is 1.66 bits per heavy atom. The van der Waals surface area contributed by atoms with Crippen LogP contribution in [0.5, 0.6) is 11.5 Å². The fourth-order valence-electron chi connectivity index (χ4n) is 3.92. The van der Waals surface area contributed by atoms with E-state index in [0.29, 0.717) is 5.92 Å². The van der Waals surface area contributed by atoms with Crippen molar-refractivity contribution in [1.29, 1.82) is 0 Å². The summed E-state index contributed by atoms with van der Waals surface area (Å²) in [6.07, 6.45) is 0.921. The van der Waals surface area contributed by atoms with E-state index in [4.69, 9.17) is 24.7 Å². The maximum Gasteiger partial charge on any atom is 0.188 e. The molecule has 1 aliphatic rings. The molecule has 0 saturated heterocycles. The van der Waals surface area contributed by atoms with Gasteiger partial charge in [-0.05, 0) is 54.7 Å². The van der Waals surface area contributed by atoms with Crippen LogP contribution in [0.3, 0.4) is 0 Å². The molecule has 2 N–H and O–H groups in total. The van der Waals surface area contributed by atoms with E-state index in [1.165, 1.54) is 16.0 Å². The number of hydrogen-bond donors (Lipinski definition) is 1. The van der Waals surface area contributed by atoms with Crippen molar-refractivity contribution in [3.05, 3.63) is 53.6 Å². The third kappa shape index (κ3) is 5.07. The second-order valence-corrected chi connectivity index (χ2v) is 8.81. The Kier molecular flexibility index (Phi) is 7.46. The molecule has 0 saturated carbocycles. The standard InChI is InChI=1S/C23H31NO4S/c1-16(24)11-21-20-10-9-19(28-15-26-4)12-22(20)29-13-23(21,2)17-5-7-18(8-6-17)27-14-25-3/h5-10,12,16,21H,11,13-15,24H2,1-4H3/t16-,21?,23-/m1/s1. The minimum atomic E-state index is -0.0278. The first kappa shape index (κ1) is 22.0. The lowest BCUT2D eigenvalue weighted by atomic mass is 9.67. The first-order valence-electron chi connectivity index (χ1n) is 9.84. The highest BCUT2D eigenvalue weighted by Crippen LogP contribution is 2.52. The Morgan fingerprint density at radius 1 is 1.03 bits per heavy atom. The summed E-state index contributed by atoms with van der Waals surface area (Å²) >= 11 is 1.87. The largest absolute Gasteiger partial charge is 0.468 e. The average Bonchev–Trinajstić information content (AvgIpc) is 2.73. The monoisotopic (exact) mass is 417 g/mol. The summed E-state index contributed by atoms with van der Waals surface area (Å²) in [6, 6.07) is 14.8. The van der Waals surface area contributed by atoms with E-state index in [1.54, 1.807) is 14.2 Å². The van der Waals surface area contributed by atoms with Crippen molar-refractivity contribution in [2.75, 3.05) is 33.6 Å². The molecule has 3 atom stereocenters. The van der Waals surface area contributed by atoms with Crippen LogP contribution >= 0.6 is 11.8 Å². The van der Waals surface area contributed by atoms with Gasteiger partial charge < -0.3 is 24.7 Å². The van der Waals surface area contributed by atoms with Crippen LogP contribution in [0.15, 0.2) is 47.4 Å². The van der Waals surface area contributed by atoms with Gasteiger partial charge in [-0.3, -0.25) is 0 Å². The maximum absolute atomic E-state index is 6.27. The third-order valence-corrected chi connectivity index (χ3v) is 6.87. The molecule has 1 heterocycles. The summed E-state index contributed by atoms with van der Waals surface area (Å²) in [4.78, 5) is 1.27. The van der Waals surface area contributed by atoms with Gasteiger partial charge >= 0.3 is 0 Å². The van der Waals surface area contributed by atoms with Gasteiger partial charge in [0, 0.05) is 36.3 Å². The summed E-state index contributed by atoms with van der Waals surface area (Å²) in [6.45, 7) is 4.93. The van der Waals surface area contributed by atoms with Crippen LogP contribution in [0.2, 0.25) is 0 Å². The van der Waals surface area contributed by atoms with Gasteiger partial charge in [0.05, 0.1) is 0 Å². The SMILES string of the molecule is COCOc1ccc([C@@]2(C)CSc3cc(OCOC)ccc3C2C[C@@H](C)N)cc1. The second kappa shape index (κ2) is 9.85. The Hall–Kier alpha value is -1.73. The van der Waals surface area contributed by atoms with Gasteiger partial charge in [0.25, 0.3) is 0 Å². The van der Waals surface area contributed by atoms with Crippen LogP contribution in [0.4, 0.5) is 0 Å². The number of rotatable bonds is 9.